The average molecular weight is 550 g/mol. The molecule has 0 bridgehead atoms. The molecule has 4 atom stereocenters. The summed E-state index contributed by atoms with van der Waals surface area (Å²) in [7, 11) is -3.93. The molecule has 0 fully saturated rings. The predicted molar refractivity (Wildman–Crippen MR) is 147 cm³/mol. The maximum absolute atomic E-state index is 12.3. The fourth-order valence-electron chi connectivity index (χ4n) is 4.36. The van der Waals surface area contributed by atoms with Gasteiger partial charge in [-0.2, -0.15) is 8.42 Å². The lowest BCUT2D eigenvalue weighted by atomic mass is 9.88. The quantitative estimate of drug-likeness (QED) is 0.0933. The average Bonchev–Trinajstić information content (AvgIpc) is 2.94. The number of hydrogen-bond donors (Lipinski definition) is 0. The van der Waals surface area contributed by atoms with E-state index in [4.69, 9.17) is 18.4 Å². The second kappa shape index (κ2) is 14.0. The minimum absolute atomic E-state index is 0.155. The van der Waals surface area contributed by atoms with E-state index in [0.29, 0.717) is 12.2 Å². The van der Waals surface area contributed by atoms with Crippen molar-refractivity contribution in [2.45, 2.75) is 44.2 Å². The Hall–Kier alpha value is -3.50. The fourth-order valence-corrected chi connectivity index (χ4v) is 4.99. The van der Waals surface area contributed by atoms with Crippen LogP contribution in [0, 0.1) is 0 Å². The number of rotatable bonds is 13. The van der Waals surface area contributed by atoms with E-state index in [0.717, 1.165) is 22.9 Å². The predicted octanol–water partition coefficient (Wildman–Crippen LogP) is 5.34. The first-order valence-corrected chi connectivity index (χ1v) is 14.3. The van der Waals surface area contributed by atoms with Crippen molar-refractivity contribution in [3.63, 3.8) is 0 Å². The summed E-state index contributed by atoms with van der Waals surface area (Å²) in [6.45, 7) is 0.920. The second-order valence-electron chi connectivity index (χ2n) is 9.16. The third-order valence-electron chi connectivity index (χ3n) is 6.12. The molecule has 9 nitrogen and oxygen atoms in total. The van der Waals surface area contributed by atoms with Gasteiger partial charge in [0.15, 0.2) is 0 Å². The van der Waals surface area contributed by atoms with Gasteiger partial charge in [0.2, 0.25) is 0 Å². The van der Waals surface area contributed by atoms with E-state index in [9.17, 15) is 13.9 Å². The first kappa shape index (κ1) is 28.5. The van der Waals surface area contributed by atoms with E-state index in [1.54, 1.807) is 6.08 Å². The molecule has 0 aliphatic heterocycles. The Kier molecular flexibility index (Phi) is 10.3. The third kappa shape index (κ3) is 8.76. The van der Waals surface area contributed by atoms with E-state index in [2.05, 4.69) is 10.0 Å². The van der Waals surface area contributed by atoms with Crippen molar-refractivity contribution in [1.29, 1.82) is 0 Å². The van der Waals surface area contributed by atoms with Gasteiger partial charge in [0, 0.05) is 4.91 Å². The maximum atomic E-state index is 12.3. The first-order chi connectivity index (χ1) is 18.9. The highest BCUT2D eigenvalue weighted by molar-refractivity contribution is 7.86. The Morgan fingerprint density at radius 1 is 0.744 bits per heavy atom. The van der Waals surface area contributed by atoms with Crippen LogP contribution >= 0.6 is 0 Å². The van der Waals surface area contributed by atoms with E-state index in [1.165, 1.54) is 0 Å². The van der Waals surface area contributed by atoms with Gasteiger partial charge in [0.1, 0.15) is 18.3 Å². The van der Waals surface area contributed by atoms with Gasteiger partial charge in [-0.05, 0) is 27.8 Å². The molecule has 0 aromatic heterocycles. The fraction of sp³-hybridized carbons (Fsp3) is 0.310. The molecule has 0 spiro atoms. The van der Waals surface area contributed by atoms with Gasteiger partial charge >= 0.3 is 0 Å². The molecule has 0 amide bonds. The molecule has 0 radical (unpaired) electrons. The minimum atomic E-state index is -3.93. The Morgan fingerprint density at radius 3 is 1.77 bits per heavy atom. The highest BCUT2D eigenvalue weighted by Gasteiger charge is 2.44. The van der Waals surface area contributed by atoms with Crippen LogP contribution in [-0.2, 0) is 48.3 Å². The lowest BCUT2D eigenvalue weighted by molar-refractivity contribution is -0.122. The topological polar surface area (TPSA) is 120 Å². The van der Waals surface area contributed by atoms with E-state index < -0.39 is 34.5 Å². The molecule has 3 aromatic rings. The van der Waals surface area contributed by atoms with Gasteiger partial charge in [0.05, 0.1) is 38.7 Å². The van der Waals surface area contributed by atoms with Crippen LogP contribution < -0.4 is 0 Å². The summed E-state index contributed by atoms with van der Waals surface area (Å²) in [4.78, 5) is 2.94. The van der Waals surface area contributed by atoms with E-state index in [-0.39, 0.29) is 19.8 Å². The lowest BCUT2D eigenvalue weighted by Gasteiger charge is -2.40. The molecular weight excluding hydrogens is 518 g/mol. The molecule has 39 heavy (non-hydrogen) atoms. The van der Waals surface area contributed by atoms with Crippen LogP contribution in [0.1, 0.15) is 16.7 Å². The molecular formula is C29H31N3O6S. The van der Waals surface area contributed by atoms with Crippen LogP contribution in [0.2, 0.25) is 0 Å². The molecule has 204 valence electrons. The second-order valence-corrected chi connectivity index (χ2v) is 10.8. The monoisotopic (exact) mass is 549 g/mol. The van der Waals surface area contributed by atoms with Gasteiger partial charge in [-0.1, -0.05) is 102 Å². The Bertz CT molecular complexity index is 1360. The molecule has 1 aliphatic carbocycles. The normalized spacial score (nSPS) is 21.1. The number of nitrogens with zero attached hydrogens (tertiary/aromatic N) is 3. The number of benzene rings is 3. The Morgan fingerprint density at radius 2 is 1.26 bits per heavy atom. The van der Waals surface area contributed by atoms with Crippen LogP contribution in [-0.4, -0.2) is 45.6 Å². The molecule has 0 N–H and O–H groups in total. The summed E-state index contributed by atoms with van der Waals surface area (Å²) in [5, 5.41) is 3.85. The molecule has 0 saturated heterocycles. The molecule has 0 saturated carbocycles. The molecule has 4 rings (SSSR count). The molecule has 0 heterocycles. The smallest absolute Gasteiger partial charge is 0.264 e. The molecule has 10 heteroatoms. The number of hydrogen-bond acceptors (Lipinski definition) is 7. The summed E-state index contributed by atoms with van der Waals surface area (Å²) < 4.78 is 48.7. The van der Waals surface area contributed by atoms with Gasteiger partial charge in [-0.15, -0.1) is 0 Å². The van der Waals surface area contributed by atoms with Crippen molar-refractivity contribution in [3.05, 3.63) is 130 Å². The van der Waals surface area contributed by atoms with Crippen molar-refractivity contribution < 1.29 is 26.8 Å². The summed E-state index contributed by atoms with van der Waals surface area (Å²) in [5.74, 6) is 0. The minimum Gasteiger partial charge on any atom is -0.372 e. The molecule has 0 unspecified atom stereocenters. The lowest BCUT2D eigenvalue weighted by Crippen LogP contribution is -2.52. The van der Waals surface area contributed by atoms with E-state index >= 15 is 0 Å². The summed E-state index contributed by atoms with van der Waals surface area (Å²) in [6.07, 6.45) is -0.172. The van der Waals surface area contributed by atoms with Crippen molar-refractivity contribution in [3.8, 4) is 0 Å². The Balaban J connectivity index is 1.66. The van der Waals surface area contributed by atoms with Crippen molar-refractivity contribution in [2.75, 3.05) is 12.9 Å². The van der Waals surface area contributed by atoms with Crippen LogP contribution in [0.3, 0.4) is 0 Å². The summed E-state index contributed by atoms with van der Waals surface area (Å²) in [5.41, 5.74) is 12.8. The van der Waals surface area contributed by atoms with Crippen molar-refractivity contribution in [2.24, 2.45) is 5.11 Å². The number of azide groups is 1. The zero-order chi connectivity index (χ0) is 27.5. The van der Waals surface area contributed by atoms with Gasteiger partial charge < -0.3 is 14.2 Å². The van der Waals surface area contributed by atoms with Crippen molar-refractivity contribution >= 4 is 10.1 Å². The summed E-state index contributed by atoms with van der Waals surface area (Å²) >= 11 is 0. The largest absolute Gasteiger partial charge is 0.372 e. The summed E-state index contributed by atoms with van der Waals surface area (Å²) in [6, 6.07) is 27.9. The van der Waals surface area contributed by atoms with Crippen LogP contribution in [0.5, 0.6) is 0 Å². The highest BCUT2D eigenvalue weighted by Crippen LogP contribution is 2.32. The zero-order valence-corrected chi connectivity index (χ0v) is 22.4. The number of ether oxygens (including phenoxy) is 3. The van der Waals surface area contributed by atoms with E-state index in [1.807, 2.05) is 91.0 Å². The Labute approximate surface area is 228 Å². The van der Waals surface area contributed by atoms with Gasteiger partial charge in [0.25, 0.3) is 10.1 Å². The third-order valence-corrected chi connectivity index (χ3v) is 6.69. The highest BCUT2D eigenvalue weighted by atomic mass is 32.2. The SMILES string of the molecule is CS(=O)(=O)O[C@@H]1[C@@H](OCc2ccccc2)[C@H](OCc2ccccc2)C(COCc2ccccc2)=C[C@@H]1N=[N+]=[N-]. The van der Waals surface area contributed by atoms with Crippen LogP contribution in [0.15, 0.2) is 108 Å². The van der Waals surface area contributed by atoms with Gasteiger partial charge in [-0.25, -0.2) is 0 Å². The zero-order valence-electron chi connectivity index (χ0n) is 21.6. The van der Waals surface area contributed by atoms with Crippen molar-refractivity contribution in [1.82, 2.24) is 0 Å². The van der Waals surface area contributed by atoms with Gasteiger partial charge in [-0.3, -0.25) is 4.18 Å². The maximum Gasteiger partial charge on any atom is 0.264 e. The van der Waals surface area contributed by atoms with Crippen LogP contribution in [0.4, 0.5) is 0 Å². The first-order valence-electron chi connectivity index (χ1n) is 12.5. The standard InChI is InChI=1S/C29H31N3O6S/c1-39(33,34)38-28-26(31-32-30)17-25(21-35-18-22-11-5-2-6-12-22)27(36-19-23-13-7-3-8-14-23)29(28)37-20-24-15-9-4-10-16-24/h2-17,26-29H,18-21H2,1H3/t26-,27+,28-,29-/m0/s1. The molecule has 3 aromatic carbocycles. The van der Waals surface area contributed by atoms with Crippen LogP contribution in [0.25, 0.3) is 10.4 Å². The molecule has 1 aliphatic rings.